The molecule has 10 heteroatoms. The van der Waals surface area contributed by atoms with Crippen LogP contribution in [-0.2, 0) is 27.7 Å². The maximum atomic E-state index is 13.2. The lowest BCUT2D eigenvalue weighted by atomic mass is 10.1. The molecule has 27 heavy (non-hydrogen) atoms. The normalized spacial score (nSPS) is 11.6. The first-order chi connectivity index (χ1) is 12.8. The third kappa shape index (κ3) is 3.14. The van der Waals surface area contributed by atoms with Crippen molar-refractivity contribution >= 4 is 32.7 Å². The molecule has 0 bridgehead atoms. The summed E-state index contributed by atoms with van der Waals surface area (Å²) in [7, 11) is -4.13. The van der Waals surface area contributed by atoms with Crippen LogP contribution in [0.3, 0.4) is 0 Å². The molecule has 9 nitrogen and oxygen atoms in total. The number of hydrogen-bond donors (Lipinski definition) is 1. The molecule has 2 aromatic heterocycles. The SMILES string of the molecule is CCc1c(CC(=O)O)c2cccnc2n1S(=O)(=O)c1ccc([N+](=O)[O-])cc1. The van der Waals surface area contributed by atoms with Gasteiger partial charge in [0.05, 0.1) is 16.2 Å². The van der Waals surface area contributed by atoms with E-state index in [9.17, 15) is 28.4 Å². The molecule has 1 N–H and O–H groups in total. The van der Waals surface area contributed by atoms with Crippen molar-refractivity contribution in [2.75, 3.05) is 0 Å². The highest BCUT2D eigenvalue weighted by Crippen LogP contribution is 2.30. The van der Waals surface area contributed by atoms with Gasteiger partial charge < -0.3 is 5.11 Å². The van der Waals surface area contributed by atoms with Crippen molar-refractivity contribution < 1.29 is 23.2 Å². The Bertz CT molecular complexity index is 1150. The molecule has 3 rings (SSSR count). The second-order valence-corrected chi connectivity index (χ2v) is 7.53. The topological polar surface area (TPSA) is 132 Å². The highest BCUT2D eigenvalue weighted by Gasteiger charge is 2.28. The van der Waals surface area contributed by atoms with E-state index in [2.05, 4.69) is 4.98 Å². The minimum absolute atomic E-state index is 0.129. The van der Waals surface area contributed by atoms with Gasteiger partial charge in [0.1, 0.15) is 0 Å². The molecule has 0 aliphatic heterocycles. The van der Waals surface area contributed by atoms with Crippen LogP contribution in [0.1, 0.15) is 18.2 Å². The van der Waals surface area contributed by atoms with Crippen LogP contribution in [0.15, 0.2) is 47.5 Å². The number of benzene rings is 1. The van der Waals surface area contributed by atoms with Crippen LogP contribution in [-0.4, -0.2) is 33.4 Å². The molecule has 0 radical (unpaired) electrons. The zero-order valence-electron chi connectivity index (χ0n) is 14.2. The Hall–Kier alpha value is -3.27. The summed E-state index contributed by atoms with van der Waals surface area (Å²) in [5, 5.41) is 20.5. The lowest BCUT2D eigenvalue weighted by Gasteiger charge is -2.11. The summed E-state index contributed by atoms with van der Waals surface area (Å²) in [4.78, 5) is 25.4. The highest BCUT2D eigenvalue weighted by molar-refractivity contribution is 7.90. The van der Waals surface area contributed by atoms with Crippen LogP contribution >= 0.6 is 0 Å². The second-order valence-electron chi connectivity index (χ2n) is 5.74. The lowest BCUT2D eigenvalue weighted by molar-refractivity contribution is -0.384. The molecule has 0 amide bonds. The van der Waals surface area contributed by atoms with Crippen molar-refractivity contribution in [3.63, 3.8) is 0 Å². The quantitative estimate of drug-likeness (QED) is 0.505. The molecule has 0 saturated carbocycles. The summed E-state index contributed by atoms with van der Waals surface area (Å²) >= 11 is 0. The van der Waals surface area contributed by atoms with Crippen molar-refractivity contribution in [3.8, 4) is 0 Å². The Morgan fingerprint density at radius 1 is 1.26 bits per heavy atom. The third-order valence-electron chi connectivity index (χ3n) is 4.15. The zero-order valence-corrected chi connectivity index (χ0v) is 15.0. The van der Waals surface area contributed by atoms with Crippen LogP contribution in [0.25, 0.3) is 11.0 Å². The molecule has 0 aliphatic rings. The minimum Gasteiger partial charge on any atom is -0.481 e. The van der Waals surface area contributed by atoms with Crippen molar-refractivity contribution in [1.82, 2.24) is 8.96 Å². The molecule has 1 aromatic carbocycles. The number of nitro benzene ring substituents is 1. The molecular formula is C17H15N3O6S. The first kappa shape index (κ1) is 18.5. The van der Waals surface area contributed by atoms with Crippen LogP contribution in [0, 0.1) is 10.1 Å². The molecule has 140 valence electrons. The number of carbonyl (C=O) groups is 1. The van der Waals surface area contributed by atoms with Crippen LogP contribution in [0.4, 0.5) is 5.69 Å². The summed E-state index contributed by atoms with van der Waals surface area (Å²) in [6, 6.07) is 7.75. The van der Waals surface area contributed by atoms with E-state index in [1.807, 2.05) is 0 Å². The van der Waals surface area contributed by atoms with Crippen LogP contribution < -0.4 is 0 Å². The summed E-state index contributed by atoms with van der Waals surface area (Å²) in [6.07, 6.45) is 1.35. The predicted molar refractivity (Wildman–Crippen MR) is 96.1 cm³/mol. The highest BCUT2D eigenvalue weighted by atomic mass is 32.2. The fraction of sp³-hybridized carbons (Fsp3) is 0.176. The van der Waals surface area contributed by atoms with E-state index in [-0.39, 0.29) is 29.1 Å². The number of fused-ring (bicyclic) bond motifs is 1. The molecule has 0 unspecified atom stereocenters. The van der Waals surface area contributed by atoms with Crippen LogP contribution in [0.2, 0.25) is 0 Å². The molecule has 0 spiro atoms. The number of aliphatic carboxylic acids is 1. The molecule has 0 saturated heterocycles. The number of nitrogens with zero attached hydrogens (tertiary/aromatic N) is 3. The Labute approximate surface area is 154 Å². The Morgan fingerprint density at radius 3 is 2.48 bits per heavy atom. The lowest BCUT2D eigenvalue weighted by Crippen LogP contribution is -2.17. The van der Waals surface area contributed by atoms with E-state index >= 15 is 0 Å². The van der Waals surface area contributed by atoms with Gasteiger partial charge in [-0.15, -0.1) is 0 Å². The Balaban J connectivity index is 2.29. The van der Waals surface area contributed by atoms with Crippen LogP contribution in [0.5, 0.6) is 0 Å². The molecule has 0 aliphatic carbocycles. The van der Waals surface area contributed by atoms with Crippen molar-refractivity contribution in [3.05, 3.63) is 64.0 Å². The average Bonchev–Trinajstić information content (AvgIpc) is 2.95. The fourth-order valence-corrected chi connectivity index (χ4v) is 4.60. The van der Waals surface area contributed by atoms with Gasteiger partial charge in [-0.25, -0.2) is 17.4 Å². The van der Waals surface area contributed by atoms with E-state index in [4.69, 9.17) is 0 Å². The van der Waals surface area contributed by atoms with Crippen molar-refractivity contribution in [2.45, 2.75) is 24.7 Å². The molecular weight excluding hydrogens is 374 g/mol. The van der Waals surface area contributed by atoms with Gasteiger partial charge in [-0.1, -0.05) is 6.92 Å². The fourth-order valence-electron chi connectivity index (χ4n) is 3.01. The van der Waals surface area contributed by atoms with E-state index in [1.165, 1.54) is 6.20 Å². The van der Waals surface area contributed by atoms with Gasteiger partial charge in [-0.3, -0.25) is 14.9 Å². The number of aromatic nitrogens is 2. The Kier molecular flexibility index (Phi) is 4.66. The number of carboxylic acids is 1. The average molecular weight is 389 g/mol. The summed E-state index contributed by atoms with van der Waals surface area (Å²) < 4.78 is 27.5. The number of nitro groups is 1. The molecule has 0 fully saturated rings. The first-order valence-electron chi connectivity index (χ1n) is 7.96. The van der Waals surface area contributed by atoms with E-state index in [0.29, 0.717) is 16.6 Å². The number of non-ortho nitro benzene ring substituents is 1. The summed E-state index contributed by atoms with van der Waals surface area (Å²) in [5.74, 6) is -1.08. The van der Waals surface area contributed by atoms with Gasteiger partial charge in [-0.2, -0.15) is 0 Å². The maximum absolute atomic E-state index is 13.2. The van der Waals surface area contributed by atoms with Gasteiger partial charge in [0.15, 0.2) is 5.65 Å². The van der Waals surface area contributed by atoms with Gasteiger partial charge in [0, 0.05) is 29.4 Å². The van der Waals surface area contributed by atoms with Gasteiger partial charge >= 0.3 is 5.97 Å². The smallest absolute Gasteiger partial charge is 0.307 e. The molecule has 0 atom stereocenters. The largest absolute Gasteiger partial charge is 0.481 e. The third-order valence-corrected chi connectivity index (χ3v) is 5.89. The molecule has 3 aromatic rings. The zero-order chi connectivity index (χ0) is 19.8. The van der Waals surface area contributed by atoms with Gasteiger partial charge in [0.25, 0.3) is 15.7 Å². The second kappa shape index (κ2) is 6.80. The number of carboxylic acid groups (broad SMARTS) is 1. The van der Waals surface area contributed by atoms with E-state index in [0.717, 1.165) is 28.2 Å². The number of rotatable bonds is 6. The maximum Gasteiger partial charge on any atom is 0.307 e. The predicted octanol–water partition coefficient (Wildman–Crippen LogP) is 2.37. The summed E-state index contributed by atoms with van der Waals surface area (Å²) in [5.41, 5.74) is 0.610. The monoisotopic (exact) mass is 389 g/mol. The number of pyridine rings is 1. The number of hydrogen-bond acceptors (Lipinski definition) is 6. The van der Waals surface area contributed by atoms with Gasteiger partial charge in [-0.05, 0) is 36.2 Å². The van der Waals surface area contributed by atoms with Gasteiger partial charge in [0.2, 0.25) is 0 Å². The molecule has 2 heterocycles. The van der Waals surface area contributed by atoms with Crippen molar-refractivity contribution in [2.24, 2.45) is 0 Å². The Morgan fingerprint density at radius 2 is 1.93 bits per heavy atom. The summed E-state index contributed by atoms with van der Waals surface area (Å²) in [6.45, 7) is 1.72. The standard InChI is InChI=1S/C17H15N3O6S/c1-2-15-14(10-16(21)22)13-4-3-9-18-17(13)19(15)27(25,26)12-7-5-11(6-8-12)20(23)24/h3-9H,2,10H2,1H3,(H,21,22). The minimum atomic E-state index is -4.13. The first-order valence-corrected chi connectivity index (χ1v) is 9.40. The van der Waals surface area contributed by atoms with E-state index in [1.54, 1.807) is 19.1 Å². The van der Waals surface area contributed by atoms with Crippen molar-refractivity contribution in [1.29, 1.82) is 0 Å². The van der Waals surface area contributed by atoms with E-state index < -0.39 is 20.9 Å².